The molecule has 1 amide bonds. The number of nitrogens with one attached hydrogen (secondary N) is 1. The van der Waals surface area contributed by atoms with Crippen molar-refractivity contribution < 1.29 is 4.79 Å². The molecule has 86 valence electrons. The fourth-order valence-electron chi connectivity index (χ4n) is 1.29. The van der Waals surface area contributed by atoms with Crippen LogP contribution in [0.1, 0.15) is 10.4 Å². The lowest BCUT2D eigenvalue weighted by molar-refractivity contribution is 0.102. The number of nitrogens with two attached hydrogens (primary N) is 1. The number of anilines is 2. The molecule has 0 aliphatic carbocycles. The first-order valence-corrected chi connectivity index (χ1v) is 5.17. The highest BCUT2D eigenvalue weighted by atomic mass is 35.5. The van der Waals surface area contributed by atoms with Gasteiger partial charge >= 0.3 is 0 Å². The van der Waals surface area contributed by atoms with Crippen molar-refractivity contribution in [3.63, 3.8) is 0 Å². The maximum atomic E-state index is 11.8. The van der Waals surface area contributed by atoms with E-state index < -0.39 is 0 Å². The van der Waals surface area contributed by atoms with Crippen molar-refractivity contribution in [1.82, 2.24) is 9.97 Å². The highest BCUT2D eigenvalue weighted by molar-refractivity contribution is 6.31. The van der Waals surface area contributed by atoms with Gasteiger partial charge in [-0.25, -0.2) is 4.98 Å². The second kappa shape index (κ2) is 4.80. The van der Waals surface area contributed by atoms with Gasteiger partial charge in [0, 0.05) is 23.1 Å². The van der Waals surface area contributed by atoms with Gasteiger partial charge in [-0.2, -0.15) is 0 Å². The van der Waals surface area contributed by atoms with Crippen LogP contribution in [0.25, 0.3) is 0 Å². The Morgan fingerprint density at radius 1 is 1.35 bits per heavy atom. The Balaban J connectivity index is 2.21. The summed E-state index contributed by atoms with van der Waals surface area (Å²) in [6.07, 6.45) is 4.46. The Hall–Kier alpha value is -2.14. The number of halogens is 1. The predicted molar refractivity (Wildman–Crippen MR) is 65.8 cm³/mol. The highest BCUT2D eigenvalue weighted by Crippen LogP contribution is 2.18. The lowest BCUT2D eigenvalue weighted by Gasteiger charge is -2.06. The third-order valence-electron chi connectivity index (χ3n) is 2.06. The Bertz CT molecular complexity index is 544. The van der Waals surface area contributed by atoms with Gasteiger partial charge in [-0.3, -0.25) is 9.78 Å². The van der Waals surface area contributed by atoms with Gasteiger partial charge in [0.15, 0.2) is 5.82 Å². The maximum Gasteiger partial charge on any atom is 0.258 e. The van der Waals surface area contributed by atoms with Crippen LogP contribution in [0.5, 0.6) is 0 Å². The van der Waals surface area contributed by atoms with E-state index in [2.05, 4.69) is 15.3 Å². The molecule has 0 aliphatic heterocycles. The monoisotopic (exact) mass is 248 g/mol. The Morgan fingerprint density at radius 3 is 2.82 bits per heavy atom. The van der Waals surface area contributed by atoms with Crippen LogP contribution in [0, 0.1) is 0 Å². The Morgan fingerprint density at radius 2 is 2.18 bits per heavy atom. The summed E-state index contributed by atoms with van der Waals surface area (Å²) in [5.41, 5.74) is 6.36. The average molecular weight is 249 g/mol. The fourth-order valence-corrected chi connectivity index (χ4v) is 1.47. The number of carbonyl (C=O) groups excluding carboxylic acids is 1. The first kappa shape index (κ1) is 11.3. The zero-order valence-electron chi connectivity index (χ0n) is 8.72. The molecule has 0 saturated heterocycles. The van der Waals surface area contributed by atoms with Crippen molar-refractivity contribution in [3.05, 3.63) is 47.4 Å². The summed E-state index contributed by atoms with van der Waals surface area (Å²) in [6.45, 7) is 0. The van der Waals surface area contributed by atoms with Gasteiger partial charge in [-0.05, 0) is 18.2 Å². The number of rotatable bonds is 2. The summed E-state index contributed by atoms with van der Waals surface area (Å²) in [4.78, 5) is 19.6. The molecule has 17 heavy (non-hydrogen) atoms. The molecule has 0 bridgehead atoms. The third kappa shape index (κ3) is 2.70. The molecule has 3 N–H and O–H groups in total. The molecule has 0 spiro atoms. The molecule has 1 aromatic carbocycles. The van der Waals surface area contributed by atoms with Crippen LogP contribution in [0.2, 0.25) is 5.02 Å². The van der Waals surface area contributed by atoms with E-state index in [0.29, 0.717) is 22.1 Å². The predicted octanol–water partition coefficient (Wildman–Crippen LogP) is 1.96. The van der Waals surface area contributed by atoms with Crippen LogP contribution in [-0.4, -0.2) is 15.9 Å². The Kier molecular flexibility index (Phi) is 3.20. The molecule has 2 rings (SSSR count). The molecule has 0 atom stereocenters. The standard InChI is InChI=1S/C11H9ClN4O/c12-7-1-2-8(9(13)5-7)11(17)16-10-6-14-3-4-15-10/h1-6H,13H2,(H,15,16,17). The quantitative estimate of drug-likeness (QED) is 0.796. The molecule has 1 heterocycles. The molecule has 0 saturated carbocycles. The van der Waals surface area contributed by atoms with Crippen molar-refractivity contribution in [1.29, 1.82) is 0 Å². The van der Waals surface area contributed by atoms with E-state index in [-0.39, 0.29) is 5.91 Å². The molecular formula is C11H9ClN4O. The van der Waals surface area contributed by atoms with Crippen molar-refractivity contribution >= 4 is 29.0 Å². The van der Waals surface area contributed by atoms with Crippen LogP contribution in [0.4, 0.5) is 11.5 Å². The van der Waals surface area contributed by atoms with E-state index in [4.69, 9.17) is 17.3 Å². The number of hydrogen-bond acceptors (Lipinski definition) is 4. The number of amides is 1. The molecule has 5 nitrogen and oxygen atoms in total. The Labute approximate surface area is 103 Å². The van der Waals surface area contributed by atoms with Crippen molar-refractivity contribution in [2.24, 2.45) is 0 Å². The summed E-state index contributed by atoms with van der Waals surface area (Å²) < 4.78 is 0. The summed E-state index contributed by atoms with van der Waals surface area (Å²) in [5.74, 6) is 0.0199. The minimum Gasteiger partial charge on any atom is -0.398 e. The first-order valence-electron chi connectivity index (χ1n) is 4.79. The number of hydrogen-bond donors (Lipinski definition) is 2. The van der Waals surface area contributed by atoms with Crippen LogP contribution in [0.15, 0.2) is 36.8 Å². The van der Waals surface area contributed by atoms with Crippen LogP contribution < -0.4 is 11.1 Å². The van der Waals surface area contributed by atoms with Crippen LogP contribution >= 0.6 is 11.6 Å². The van der Waals surface area contributed by atoms with Gasteiger partial charge in [-0.15, -0.1) is 0 Å². The summed E-state index contributed by atoms with van der Waals surface area (Å²) >= 11 is 5.75. The zero-order chi connectivity index (χ0) is 12.3. The van der Waals surface area contributed by atoms with E-state index in [1.165, 1.54) is 24.7 Å². The van der Waals surface area contributed by atoms with Crippen molar-refractivity contribution in [2.45, 2.75) is 0 Å². The van der Waals surface area contributed by atoms with E-state index in [0.717, 1.165) is 0 Å². The van der Waals surface area contributed by atoms with E-state index in [1.54, 1.807) is 12.1 Å². The van der Waals surface area contributed by atoms with Gasteiger partial charge in [0.1, 0.15) is 0 Å². The largest absolute Gasteiger partial charge is 0.398 e. The molecule has 0 unspecified atom stereocenters. The lowest BCUT2D eigenvalue weighted by atomic mass is 10.1. The van der Waals surface area contributed by atoms with Gasteiger partial charge in [0.05, 0.1) is 11.8 Å². The van der Waals surface area contributed by atoms with Gasteiger partial charge in [0.2, 0.25) is 0 Å². The van der Waals surface area contributed by atoms with E-state index in [9.17, 15) is 4.79 Å². The van der Waals surface area contributed by atoms with Crippen molar-refractivity contribution in [2.75, 3.05) is 11.1 Å². The van der Waals surface area contributed by atoms with E-state index in [1.807, 2.05) is 0 Å². The third-order valence-corrected chi connectivity index (χ3v) is 2.30. The van der Waals surface area contributed by atoms with Gasteiger partial charge in [0.25, 0.3) is 5.91 Å². The number of aromatic nitrogens is 2. The average Bonchev–Trinajstić information content (AvgIpc) is 2.30. The second-order valence-electron chi connectivity index (χ2n) is 3.28. The minimum atomic E-state index is -0.348. The maximum absolute atomic E-state index is 11.8. The number of nitrogens with zero attached hydrogens (tertiary/aromatic N) is 2. The first-order chi connectivity index (χ1) is 8.16. The topological polar surface area (TPSA) is 80.9 Å². The molecule has 6 heteroatoms. The summed E-state index contributed by atoms with van der Waals surface area (Å²) in [7, 11) is 0. The van der Waals surface area contributed by atoms with Crippen LogP contribution in [0.3, 0.4) is 0 Å². The SMILES string of the molecule is Nc1cc(Cl)ccc1C(=O)Nc1cnccn1. The zero-order valence-corrected chi connectivity index (χ0v) is 9.48. The lowest BCUT2D eigenvalue weighted by Crippen LogP contribution is -2.14. The fraction of sp³-hybridized carbons (Fsp3) is 0. The van der Waals surface area contributed by atoms with Crippen molar-refractivity contribution in [3.8, 4) is 0 Å². The second-order valence-corrected chi connectivity index (χ2v) is 3.71. The van der Waals surface area contributed by atoms with Crippen LogP contribution in [-0.2, 0) is 0 Å². The number of benzene rings is 1. The minimum absolute atomic E-state index is 0.318. The van der Waals surface area contributed by atoms with E-state index >= 15 is 0 Å². The number of nitrogen functional groups attached to an aromatic ring is 1. The normalized spacial score (nSPS) is 9.94. The molecule has 1 aromatic heterocycles. The molecule has 2 aromatic rings. The smallest absolute Gasteiger partial charge is 0.258 e. The summed E-state index contributed by atoms with van der Waals surface area (Å²) in [5, 5.41) is 3.07. The molecule has 0 aliphatic rings. The highest BCUT2D eigenvalue weighted by Gasteiger charge is 2.10. The van der Waals surface area contributed by atoms with Gasteiger partial charge in [-0.1, -0.05) is 11.6 Å². The molecule has 0 radical (unpaired) electrons. The number of carbonyl (C=O) groups is 1. The van der Waals surface area contributed by atoms with Gasteiger partial charge < -0.3 is 11.1 Å². The molecular weight excluding hydrogens is 240 g/mol. The summed E-state index contributed by atoms with van der Waals surface area (Å²) in [6, 6.07) is 4.68. The molecule has 0 fully saturated rings.